The third-order valence-electron chi connectivity index (χ3n) is 4.68. The smallest absolute Gasteiger partial charge is 0.224 e. The molecule has 1 aromatic carbocycles. The summed E-state index contributed by atoms with van der Waals surface area (Å²) in [5.41, 5.74) is 2.16. The molecule has 21 heavy (non-hydrogen) atoms. The maximum atomic E-state index is 14.1. The minimum atomic E-state index is -0.214. The molecule has 2 aliphatic rings. The second-order valence-electron chi connectivity index (χ2n) is 6.26. The van der Waals surface area contributed by atoms with Gasteiger partial charge in [-0.05, 0) is 36.5 Å². The Morgan fingerprint density at radius 2 is 2.00 bits per heavy atom. The van der Waals surface area contributed by atoms with E-state index in [2.05, 4.69) is 10.6 Å². The van der Waals surface area contributed by atoms with Gasteiger partial charge in [0.15, 0.2) is 0 Å². The van der Waals surface area contributed by atoms with Crippen molar-refractivity contribution in [1.82, 2.24) is 0 Å². The summed E-state index contributed by atoms with van der Waals surface area (Å²) < 4.78 is 14.1. The molecule has 0 unspecified atom stereocenters. The lowest BCUT2D eigenvalue weighted by atomic mass is 9.87. The molecule has 0 radical (unpaired) electrons. The zero-order valence-electron chi connectivity index (χ0n) is 12.4. The summed E-state index contributed by atoms with van der Waals surface area (Å²) in [6.07, 6.45) is 8.83. The van der Waals surface area contributed by atoms with Gasteiger partial charge >= 0.3 is 0 Å². The van der Waals surface area contributed by atoms with Gasteiger partial charge in [0.2, 0.25) is 5.91 Å². The summed E-state index contributed by atoms with van der Waals surface area (Å²) in [6, 6.07) is 3.29. The molecule has 1 heterocycles. The molecule has 1 aromatic rings. The summed E-state index contributed by atoms with van der Waals surface area (Å²) in [5, 5.41) is 6.02. The van der Waals surface area contributed by atoms with E-state index in [1.807, 2.05) is 0 Å². The Kier molecular flexibility index (Phi) is 4.42. The van der Waals surface area contributed by atoms with Crippen molar-refractivity contribution in [3.8, 4) is 0 Å². The molecule has 0 saturated heterocycles. The standard InChI is InChI=1S/C17H23FN2O/c18-14-10-13-6-7-17(21)20-15(13)11-16(14)19-9-8-12-4-2-1-3-5-12/h10-12,19H,1-9H2,(H,20,21). The number of hydrogen-bond donors (Lipinski definition) is 2. The molecule has 3 rings (SSSR count). The number of nitrogens with one attached hydrogen (secondary N) is 2. The van der Waals surface area contributed by atoms with Gasteiger partial charge in [0.1, 0.15) is 5.82 Å². The van der Waals surface area contributed by atoms with E-state index in [1.54, 1.807) is 12.1 Å². The Morgan fingerprint density at radius 1 is 1.19 bits per heavy atom. The predicted molar refractivity (Wildman–Crippen MR) is 83.0 cm³/mol. The molecule has 1 saturated carbocycles. The average Bonchev–Trinajstić information content (AvgIpc) is 2.49. The number of rotatable bonds is 4. The monoisotopic (exact) mass is 290 g/mol. The van der Waals surface area contributed by atoms with Crippen LogP contribution in [0.4, 0.5) is 15.8 Å². The van der Waals surface area contributed by atoms with Crippen molar-refractivity contribution in [2.75, 3.05) is 17.2 Å². The number of halogens is 1. The Hall–Kier alpha value is -1.58. The molecule has 1 aliphatic heterocycles. The zero-order valence-corrected chi connectivity index (χ0v) is 12.4. The number of amides is 1. The van der Waals surface area contributed by atoms with Crippen LogP contribution in [0.3, 0.4) is 0 Å². The lowest BCUT2D eigenvalue weighted by Gasteiger charge is -2.22. The summed E-state index contributed by atoms with van der Waals surface area (Å²) in [5.74, 6) is 0.586. The molecular weight excluding hydrogens is 267 g/mol. The Labute approximate surface area is 125 Å². The molecule has 2 N–H and O–H groups in total. The van der Waals surface area contributed by atoms with Crippen molar-refractivity contribution in [2.24, 2.45) is 5.92 Å². The lowest BCUT2D eigenvalue weighted by Crippen LogP contribution is -2.20. The predicted octanol–water partition coefficient (Wildman–Crippen LogP) is 4.09. The molecule has 1 amide bonds. The Balaban J connectivity index is 1.59. The van der Waals surface area contributed by atoms with Crippen molar-refractivity contribution >= 4 is 17.3 Å². The van der Waals surface area contributed by atoms with E-state index in [4.69, 9.17) is 0 Å². The number of fused-ring (bicyclic) bond motifs is 1. The van der Waals surface area contributed by atoms with Crippen molar-refractivity contribution in [3.63, 3.8) is 0 Å². The van der Waals surface area contributed by atoms with Gasteiger partial charge in [-0.3, -0.25) is 4.79 Å². The maximum Gasteiger partial charge on any atom is 0.224 e. The van der Waals surface area contributed by atoms with Crippen LogP contribution in [-0.4, -0.2) is 12.5 Å². The van der Waals surface area contributed by atoms with Gasteiger partial charge in [0, 0.05) is 18.7 Å². The summed E-state index contributed by atoms with van der Waals surface area (Å²) in [4.78, 5) is 11.4. The number of hydrogen-bond acceptors (Lipinski definition) is 2. The molecule has 114 valence electrons. The quantitative estimate of drug-likeness (QED) is 0.876. The fourth-order valence-electron chi connectivity index (χ4n) is 3.42. The number of carbonyl (C=O) groups is 1. The van der Waals surface area contributed by atoms with Gasteiger partial charge in [-0.1, -0.05) is 32.1 Å². The van der Waals surface area contributed by atoms with Crippen LogP contribution in [0.25, 0.3) is 0 Å². The van der Waals surface area contributed by atoms with Crippen molar-refractivity contribution in [1.29, 1.82) is 0 Å². The van der Waals surface area contributed by atoms with E-state index in [0.717, 1.165) is 30.1 Å². The Bertz CT molecular complexity index is 524. The van der Waals surface area contributed by atoms with Gasteiger partial charge in [-0.2, -0.15) is 0 Å². The van der Waals surface area contributed by atoms with Crippen LogP contribution in [0.1, 0.15) is 50.5 Å². The highest BCUT2D eigenvalue weighted by Crippen LogP contribution is 2.30. The molecule has 0 atom stereocenters. The SMILES string of the molecule is O=C1CCc2cc(F)c(NCCC3CCCCC3)cc2N1. The highest BCUT2D eigenvalue weighted by molar-refractivity contribution is 5.94. The van der Waals surface area contributed by atoms with E-state index in [-0.39, 0.29) is 11.7 Å². The van der Waals surface area contributed by atoms with E-state index in [9.17, 15) is 9.18 Å². The fraction of sp³-hybridized carbons (Fsp3) is 0.588. The molecule has 3 nitrogen and oxygen atoms in total. The van der Waals surface area contributed by atoms with Crippen LogP contribution in [0, 0.1) is 11.7 Å². The summed E-state index contributed by atoms with van der Waals surface area (Å²) in [7, 11) is 0. The van der Waals surface area contributed by atoms with Crippen LogP contribution < -0.4 is 10.6 Å². The first-order chi connectivity index (χ1) is 10.2. The highest BCUT2D eigenvalue weighted by Gasteiger charge is 2.18. The molecule has 4 heteroatoms. The third kappa shape index (κ3) is 3.55. The second-order valence-corrected chi connectivity index (χ2v) is 6.26. The van der Waals surface area contributed by atoms with Gasteiger partial charge in [0.25, 0.3) is 0 Å². The largest absolute Gasteiger partial charge is 0.383 e. The Morgan fingerprint density at radius 3 is 2.81 bits per heavy atom. The van der Waals surface area contributed by atoms with Crippen molar-refractivity contribution < 1.29 is 9.18 Å². The van der Waals surface area contributed by atoms with Crippen LogP contribution in [-0.2, 0) is 11.2 Å². The number of aryl methyl sites for hydroxylation is 1. The number of carbonyl (C=O) groups excluding carboxylic acids is 1. The molecular formula is C17H23FN2O. The van der Waals surface area contributed by atoms with Crippen LogP contribution in [0.5, 0.6) is 0 Å². The second kappa shape index (κ2) is 6.46. The summed E-state index contributed by atoms with van der Waals surface area (Å²) >= 11 is 0. The fourth-order valence-corrected chi connectivity index (χ4v) is 3.42. The lowest BCUT2D eigenvalue weighted by molar-refractivity contribution is -0.116. The summed E-state index contributed by atoms with van der Waals surface area (Å²) in [6.45, 7) is 0.800. The van der Waals surface area contributed by atoms with Gasteiger partial charge in [-0.25, -0.2) is 4.39 Å². The van der Waals surface area contributed by atoms with Crippen LogP contribution >= 0.6 is 0 Å². The number of anilines is 2. The van der Waals surface area contributed by atoms with Crippen LogP contribution in [0.2, 0.25) is 0 Å². The van der Waals surface area contributed by atoms with Gasteiger partial charge < -0.3 is 10.6 Å². The molecule has 0 spiro atoms. The van der Waals surface area contributed by atoms with Crippen LogP contribution in [0.15, 0.2) is 12.1 Å². The van der Waals surface area contributed by atoms with E-state index < -0.39 is 0 Å². The molecule has 1 fully saturated rings. The van der Waals surface area contributed by atoms with Crippen molar-refractivity contribution in [2.45, 2.75) is 51.4 Å². The molecule has 1 aliphatic carbocycles. The molecule has 0 bridgehead atoms. The first-order valence-electron chi connectivity index (χ1n) is 8.08. The minimum Gasteiger partial charge on any atom is -0.383 e. The normalized spacial score (nSPS) is 19.0. The van der Waals surface area contributed by atoms with Crippen molar-refractivity contribution in [3.05, 3.63) is 23.5 Å². The van der Waals surface area contributed by atoms with E-state index in [1.165, 1.54) is 32.1 Å². The first kappa shape index (κ1) is 14.4. The topological polar surface area (TPSA) is 41.1 Å². The highest BCUT2D eigenvalue weighted by atomic mass is 19.1. The van der Waals surface area contributed by atoms with Gasteiger partial charge in [-0.15, -0.1) is 0 Å². The minimum absolute atomic E-state index is 0.0160. The number of benzene rings is 1. The van der Waals surface area contributed by atoms with E-state index in [0.29, 0.717) is 18.5 Å². The first-order valence-corrected chi connectivity index (χ1v) is 8.08. The average molecular weight is 290 g/mol. The third-order valence-corrected chi connectivity index (χ3v) is 4.68. The zero-order chi connectivity index (χ0) is 14.7. The van der Waals surface area contributed by atoms with E-state index >= 15 is 0 Å². The molecule has 0 aromatic heterocycles. The maximum absolute atomic E-state index is 14.1. The van der Waals surface area contributed by atoms with Gasteiger partial charge in [0.05, 0.1) is 5.69 Å².